The zero-order valence-electron chi connectivity index (χ0n) is 9.04. The second-order valence-electron chi connectivity index (χ2n) is 4.39. The molecule has 1 heterocycles. The van der Waals surface area contributed by atoms with Gasteiger partial charge in [-0.2, -0.15) is 0 Å². The predicted molar refractivity (Wildman–Crippen MR) is 66.9 cm³/mol. The summed E-state index contributed by atoms with van der Waals surface area (Å²) in [6.45, 7) is 3.41. The van der Waals surface area contributed by atoms with Gasteiger partial charge in [0.1, 0.15) is 10.4 Å². The zero-order valence-corrected chi connectivity index (χ0v) is 10.6. The summed E-state index contributed by atoms with van der Waals surface area (Å²) in [5, 5.41) is 3.42. The van der Waals surface area contributed by atoms with Gasteiger partial charge in [0.25, 0.3) is 0 Å². The molecule has 0 aliphatic heterocycles. The van der Waals surface area contributed by atoms with Crippen LogP contribution in [0.1, 0.15) is 26.2 Å². The van der Waals surface area contributed by atoms with Gasteiger partial charge in [0.05, 0.1) is 0 Å². The van der Waals surface area contributed by atoms with Crippen molar-refractivity contribution in [1.29, 1.82) is 0 Å². The van der Waals surface area contributed by atoms with Gasteiger partial charge in [-0.05, 0) is 46.3 Å². The minimum absolute atomic E-state index is 0.825. The van der Waals surface area contributed by atoms with E-state index >= 15 is 0 Å². The summed E-state index contributed by atoms with van der Waals surface area (Å²) in [5.74, 6) is 2.67. The van der Waals surface area contributed by atoms with Crippen molar-refractivity contribution < 1.29 is 0 Å². The van der Waals surface area contributed by atoms with Gasteiger partial charge < -0.3 is 5.32 Å². The molecule has 2 atom stereocenters. The Morgan fingerprint density at radius 2 is 2.33 bits per heavy atom. The Morgan fingerprint density at radius 3 is 3.00 bits per heavy atom. The average Bonchev–Trinajstić information content (AvgIpc) is 2.61. The topological polar surface area (TPSA) is 24.9 Å². The highest BCUT2D eigenvalue weighted by Crippen LogP contribution is 2.31. The molecule has 1 fully saturated rings. The van der Waals surface area contributed by atoms with Crippen molar-refractivity contribution in [3.05, 3.63) is 22.8 Å². The summed E-state index contributed by atoms with van der Waals surface area (Å²) in [6, 6.07) is 5.98. The smallest absolute Gasteiger partial charge is 0.127 e. The van der Waals surface area contributed by atoms with E-state index in [1.807, 2.05) is 18.2 Å². The van der Waals surface area contributed by atoms with Crippen LogP contribution in [0.4, 0.5) is 5.82 Å². The third-order valence-corrected chi connectivity index (χ3v) is 3.74. The Kier molecular flexibility index (Phi) is 3.62. The van der Waals surface area contributed by atoms with Gasteiger partial charge in [0.15, 0.2) is 0 Å². The fourth-order valence-corrected chi connectivity index (χ4v) is 2.61. The van der Waals surface area contributed by atoms with Crippen molar-refractivity contribution in [2.45, 2.75) is 26.2 Å². The molecule has 1 aromatic heterocycles. The Hall–Kier alpha value is -0.570. The van der Waals surface area contributed by atoms with E-state index in [0.717, 1.165) is 28.8 Å². The lowest BCUT2D eigenvalue weighted by atomic mass is 9.98. The minimum Gasteiger partial charge on any atom is -0.370 e. The number of hydrogen-bond acceptors (Lipinski definition) is 2. The van der Waals surface area contributed by atoms with E-state index in [0.29, 0.717) is 0 Å². The van der Waals surface area contributed by atoms with Crippen LogP contribution < -0.4 is 5.32 Å². The summed E-state index contributed by atoms with van der Waals surface area (Å²) < 4.78 is 0.895. The Bertz CT molecular complexity index is 327. The lowest BCUT2D eigenvalue weighted by Crippen LogP contribution is -2.16. The van der Waals surface area contributed by atoms with E-state index in [4.69, 9.17) is 0 Å². The zero-order chi connectivity index (χ0) is 10.7. The quantitative estimate of drug-likeness (QED) is 0.846. The molecule has 2 nitrogen and oxygen atoms in total. The molecule has 15 heavy (non-hydrogen) atoms. The largest absolute Gasteiger partial charge is 0.370 e. The molecule has 2 unspecified atom stereocenters. The molecule has 1 aromatic rings. The van der Waals surface area contributed by atoms with E-state index < -0.39 is 0 Å². The molecular formula is C12H17BrN2. The lowest BCUT2D eigenvalue weighted by Gasteiger charge is -2.16. The van der Waals surface area contributed by atoms with E-state index in [1.54, 1.807) is 0 Å². The predicted octanol–water partition coefficient (Wildman–Crippen LogP) is 3.69. The van der Waals surface area contributed by atoms with Crippen LogP contribution in [-0.4, -0.2) is 11.5 Å². The first-order valence-electron chi connectivity index (χ1n) is 5.62. The molecule has 82 valence electrons. The molecule has 0 aromatic carbocycles. The fourth-order valence-electron chi connectivity index (χ4n) is 2.27. The van der Waals surface area contributed by atoms with Crippen molar-refractivity contribution in [3.63, 3.8) is 0 Å². The first-order valence-corrected chi connectivity index (χ1v) is 6.41. The van der Waals surface area contributed by atoms with Crippen LogP contribution in [0.15, 0.2) is 22.8 Å². The molecular weight excluding hydrogens is 252 g/mol. The molecule has 0 amide bonds. The normalized spacial score (nSPS) is 25.5. The van der Waals surface area contributed by atoms with Gasteiger partial charge in [0.2, 0.25) is 0 Å². The van der Waals surface area contributed by atoms with Crippen LogP contribution in [0, 0.1) is 11.8 Å². The fraction of sp³-hybridized carbons (Fsp3) is 0.583. The number of halogens is 1. The number of aromatic nitrogens is 1. The van der Waals surface area contributed by atoms with Crippen LogP contribution in [-0.2, 0) is 0 Å². The van der Waals surface area contributed by atoms with Crippen LogP contribution in [0.5, 0.6) is 0 Å². The van der Waals surface area contributed by atoms with E-state index in [-0.39, 0.29) is 0 Å². The second kappa shape index (κ2) is 4.97. The van der Waals surface area contributed by atoms with Crippen molar-refractivity contribution in [2.75, 3.05) is 11.9 Å². The Morgan fingerprint density at radius 1 is 1.47 bits per heavy atom. The van der Waals surface area contributed by atoms with Gasteiger partial charge in [-0.25, -0.2) is 4.98 Å². The van der Waals surface area contributed by atoms with Crippen molar-refractivity contribution >= 4 is 21.7 Å². The third kappa shape index (κ3) is 2.94. The monoisotopic (exact) mass is 268 g/mol. The first kappa shape index (κ1) is 10.9. The maximum Gasteiger partial charge on any atom is 0.127 e. The molecule has 3 heteroatoms. The first-order chi connectivity index (χ1) is 7.25. The maximum absolute atomic E-state index is 4.36. The molecule has 0 saturated heterocycles. The third-order valence-electron chi connectivity index (χ3n) is 3.30. The molecule has 2 rings (SSSR count). The molecule has 0 spiro atoms. The van der Waals surface area contributed by atoms with Gasteiger partial charge in [-0.1, -0.05) is 25.8 Å². The maximum atomic E-state index is 4.36. The van der Waals surface area contributed by atoms with Gasteiger partial charge >= 0.3 is 0 Å². The van der Waals surface area contributed by atoms with Gasteiger partial charge in [0, 0.05) is 6.54 Å². The Balaban J connectivity index is 1.87. The summed E-state index contributed by atoms with van der Waals surface area (Å²) in [5.41, 5.74) is 0. The summed E-state index contributed by atoms with van der Waals surface area (Å²) in [7, 11) is 0. The Labute approximate surface area is 99.6 Å². The number of nitrogens with one attached hydrogen (secondary N) is 1. The number of pyridine rings is 1. The number of nitrogens with zero attached hydrogens (tertiary/aromatic N) is 1. The molecule has 1 aliphatic rings. The van der Waals surface area contributed by atoms with Crippen LogP contribution in [0.3, 0.4) is 0 Å². The second-order valence-corrected chi connectivity index (χ2v) is 5.21. The van der Waals surface area contributed by atoms with Gasteiger partial charge in [-0.3, -0.25) is 0 Å². The van der Waals surface area contributed by atoms with Crippen molar-refractivity contribution in [2.24, 2.45) is 11.8 Å². The van der Waals surface area contributed by atoms with E-state index in [2.05, 4.69) is 33.2 Å². The van der Waals surface area contributed by atoms with E-state index in [9.17, 15) is 0 Å². The van der Waals surface area contributed by atoms with E-state index in [1.165, 1.54) is 19.3 Å². The number of rotatable bonds is 3. The van der Waals surface area contributed by atoms with Crippen LogP contribution in [0.2, 0.25) is 0 Å². The molecule has 1 saturated carbocycles. The highest BCUT2D eigenvalue weighted by atomic mass is 79.9. The number of hydrogen-bond donors (Lipinski definition) is 1. The lowest BCUT2D eigenvalue weighted by molar-refractivity contribution is 0.439. The molecule has 1 N–H and O–H groups in total. The SMILES string of the molecule is CC1CCCC1CNc1cccc(Br)n1. The standard InChI is InChI=1S/C12H17BrN2/c1-9-4-2-5-10(9)8-14-12-7-3-6-11(13)15-12/h3,6-7,9-10H,2,4-5,8H2,1H3,(H,14,15). The van der Waals surface area contributed by atoms with Crippen molar-refractivity contribution in [1.82, 2.24) is 4.98 Å². The van der Waals surface area contributed by atoms with Gasteiger partial charge in [-0.15, -0.1) is 0 Å². The highest BCUT2D eigenvalue weighted by molar-refractivity contribution is 9.10. The highest BCUT2D eigenvalue weighted by Gasteiger charge is 2.22. The number of anilines is 1. The summed E-state index contributed by atoms with van der Waals surface area (Å²) in [4.78, 5) is 4.36. The molecule has 0 radical (unpaired) electrons. The van der Waals surface area contributed by atoms with Crippen molar-refractivity contribution in [3.8, 4) is 0 Å². The van der Waals surface area contributed by atoms with Crippen LogP contribution in [0.25, 0.3) is 0 Å². The molecule has 0 bridgehead atoms. The summed E-state index contributed by atoms with van der Waals surface area (Å²) in [6.07, 6.45) is 4.14. The molecule has 1 aliphatic carbocycles. The summed E-state index contributed by atoms with van der Waals surface area (Å²) >= 11 is 3.38. The average molecular weight is 269 g/mol. The minimum atomic E-state index is 0.825. The van der Waals surface area contributed by atoms with Crippen LogP contribution >= 0.6 is 15.9 Å².